The molecule has 0 spiro atoms. The first-order chi connectivity index (χ1) is 15.1. The van der Waals surface area contributed by atoms with Crippen LogP contribution in [0.4, 0.5) is 5.69 Å². The minimum absolute atomic E-state index is 0.0229. The third kappa shape index (κ3) is 5.28. The summed E-state index contributed by atoms with van der Waals surface area (Å²) in [6, 6.07) is 18.4. The molecule has 2 amide bonds. The Kier molecular flexibility index (Phi) is 6.26. The van der Waals surface area contributed by atoms with E-state index in [4.69, 9.17) is 4.74 Å². The van der Waals surface area contributed by atoms with E-state index < -0.39 is 0 Å². The Morgan fingerprint density at radius 1 is 1.03 bits per heavy atom. The fourth-order valence-corrected chi connectivity index (χ4v) is 3.68. The molecule has 0 aliphatic carbocycles. The van der Waals surface area contributed by atoms with Crippen molar-refractivity contribution in [2.45, 2.75) is 19.8 Å². The fourth-order valence-electron chi connectivity index (χ4n) is 3.68. The molecular formula is C25H25N3O3. The Hall–Kier alpha value is -3.67. The van der Waals surface area contributed by atoms with Crippen molar-refractivity contribution in [3.05, 3.63) is 84.2 Å². The second kappa shape index (κ2) is 9.43. The lowest BCUT2D eigenvalue weighted by Crippen LogP contribution is -2.43. The Balaban J connectivity index is 1.38. The highest BCUT2D eigenvalue weighted by molar-refractivity contribution is 5.96. The number of aryl methyl sites for hydroxylation is 1. The molecule has 6 heteroatoms. The average molecular weight is 415 g/mol. The zero-order chi connectivity index (χ0) is 21.6. The van der Waals surface area contributed by atoms with Crippen LogP contribution >= 0.6 is 0 Å². The first-order valence-electron chi connectivity index (χ1n) is 10.4. The highest BCUT2D eigenvalue weighted by atomic mass is 16.5. The summed E-state index contributed by atoms with van der Waals surface area (Å²) in [5, 5.41) is 2.98. The number of hydrogen-bond donors (Lipinski definition) is 1. The number of anilines is 1. The number of nitrogens with one attached hydrogen (secondary N) is 1. The molecule has 0 radical (unpaired) electrons. The second-order valence-electron chi connectivity index (χ2n) is 7.76. The minimum atomic E-state index is -0.243. The normalized spacial score (nSPS) is 15.9. The maximum absolute atomic E-state index is 12.9. The van der Waals surface area contributed by atoms with Gasteiger partial charge in [0, 0.05) is 42.8 Å². The van der Waals surface area contributed by atoms with Crippen LogP contribution in [0.25, 0.3) is 0 Å². The molecular weight excluding hydrogens is 390 g/mol. The van der Waals surface area contributed by atoms with Crippen LogP contribution in [0.1, 0.15) is 28.8 Å². The maximum atomic E-state index is 12.9. The number of carbonyl (C=O) groups excluding carboxylic acids is 2. The summed E-state index contributed by atoms with van der Waals surface area (Å²) in [7, 11) is 0. The van der Waals surface area contributed by atoms with Crippen LogP contribution in [0.3, 0.4) is 0 Å². The van der Waals surface area contributed by atoms with Gasteiger partial charge in [-0.05, 0) is 56.2 Å². The van der Waals surface area contributed by atoms with E-state index in [2.05, 4.69) is 10.3 Å². The molecule has 31 heavy (non-hydrogen) atoms. The van der Waals surface area contributed by atoms with Crippen LogP contribution in [0.15, 0.2) is 73.1 Å². The van der Waals surface area contributed by atoms with Gasteiger partial charge in [0.25, 0.3) is 5.91 Å². The molecule has 1 N–H and O–H groups in total. The minimum Gasteiger partial charge on any atom is -0.457 e. The van der Waals surface area contributed by atoms with Crippen molar-refractivity contribution in [3.63, 3.8) is 0 Å². The van der Waals surface area contributed by atoms with E-state index in [9.17, 15) is 9.59 Å². The fraction of sp³-hybridized carbons (Fsp3) is 0.240. The predicted molar refractivity (Wildman–Crippen MR) is 119 cm³/mol. The molecule has 2 heterocycles. The first-order valence-corrected chi connectivity index (χ1v) is 10.4. The number of ether oxygens (including phenoxy) is 1. The van der Waals surface area contributed by atoms with Gasteiger partial charge in [0.15, 0.2) is 0 Å². The van der Waals surface area contributed by atoms with Crippen LogP contribution in [-0.4, -0.2) is 34.8 Å². The number of amides is 2. The summed E-state index contributed by atoms with van der Waals surface area (Å²) >= 11 is 0. The van der Waals surface area contributed by atoms with Gasteiger partial charge >= 0.3 is 0 Å². The van der Waals surface area contributed by atoms with Crippen molar-refractivity contribution in [2.24, 2.45) is 5.92 Å². The van der Waals surface area contributed by atoms with Crippen molar-refractivity contribution >= 4 is 17.5 Å². The summed E-state index contributed by atoms with van der Waals surface area (Å²) in [5.41, 5.74) is 2.44. The summed E-state index contributed by atoms with van der Waals surface area (Å²) in [5.74, 6) is 0.959. The maximum Gasteiger partial charge on any atom is 0.253 e. The molecule has 1 fully saturated rings. The molecule has 4 rings (SSSR count). The summed E-state index contributed by atoms with van der Waals surface area (Å²) in [6.45, 7) is 3.09. The van der Waals surface area contributed by atoms with Gasteiger partial charge in [-0.3, -0.25) is 14.6 Å². The van der Waals surface area contributed by atoms with E-state index in [1.807, 2.05) is 49.4 Å². The van der Waals surface area contributed by atoms with Crippen molar-refractivity contribution in [1.82, 2.24) is 9.88 Å². The smallest absolute Gasteiger partial charge is 0.253 e. The van der Waals surface area contributed by atoms with E-state index in [0.29, 0.717) is 35.8 Å². The van der Waals surface area contributed by atoms with E-state index in [1.165, 1.54) is 0 Å². The van der Waals surface area contributed by atoms with E-state index in [1.54, 1.807) is 35.5 Å². The van der Waals surface area contributed by atoms with Crippen LogP contribution < -0.4 is 10.1 Å². The topological polar surface area (TPSA) is 71.5 Å². The second-order valence-corrected chi connectivity index (χ2v) is 7.76. The monoisotopic (exact) mass is 415 g/mol. The lowest BCUT2D eigenvalue weighted by Gasteiger charge is -2.32. The van der Waals surface area contributed by atoms with Gasteiger partial charge in [0.1, 0.15) is 11.5 Å². The number of nitrogens with zero attached hydrogens (tertiary/aromatic N) is 2. The lowest BCUT2D eigenvalue weighted by molar-refractivity contribution is -0.121. The van der Waals surface area contributed by atoms with Gasteiger partial charge in [0.2, 0.25) is 5.91 Å². The third-order valence-corrected chi connectivity index (χ3v) is 5.36. The Labute approximate surface area is 181 Å². The third-order valence-electron chi connectivity index (χ3n) is 5.36. The van der Waals surface area contributed by atoms with Gasteiger partial charge in [0.05, 0.1) is 5.92 Å². The molecule has 2 aromatic carbocycles. The van der Waals surface area contributed by atoms with Crippen LogP contribution in [0, 0.1) is 12.8 Å². The number of piperidine rings is 1. The molecule has 1 atom stereocenters. The molecule has 158 valence electrons. The Morgan fingerprint density at radius 3 is 2.58 bits per heavy atom. The SMILES string of the molecule is Cc1ccc(C(=O)N2CCCC(C(=O)Nc3cccc(Oc4ccncc4)c3)C2)cc1. The quantitative estimate of drug-likeness (QED) is 0.657. The molecule has 1 aliphatic heterocycles. The molecule has 1 saturated heterocycles. The molecule has 6 nitrogen and oxygen atoms in total. The van der Waals surface area contributed by atoms with Crippen LogP contribution in [0.5, 0.6) is 11.5 Å². The number of hydrogen-bond acceptors (Lipinski definition) is 4. The number of carbonyl (C=O) groups is 2. The number of rotatable bonds is 5. The molecule has 1 aromatic heterocycles. The standard InChI is InChI=1S/C25H25N3O3/c1-18-7-9-19(10-8-18)25(30)28-15-3-4-20(17-28)24(29)27-21-5-2-6-23(16-21)31-22-11-13-26-14-12-22/h2,5-14,16,20H,3-4,15,17H2,1H3,(H,27,29). The number of aromatic nitrogens is 1. The van der Waals surface area contributed by atoms with Crippen molar-refractivity contribution < 1.29 is 14.3 Å². The van der Waals surface area contributed by atoms with Crippen LogP contribution in [-0.2, 0) is 4.79 Å². The Bertz CT molecular complexity index is 1050. The highest BCUT2D eigenvalue weighted by Gasteiger charge is 2.29. The summed E-state index contributed by atoms with van der Waals surface area (Å²) < 4.78 is 5.81. The molecule has 1 aliphatic rings. The van der Waals surface area contributed by atoms with Gasteiger partial charge in [-0.15, -0.1) is 0 Å². The predicted octanol–water partition coefficient (Wildman–Crippen LogP) is 4.67. The van der Waals surface area contributed by atoms with E-state index in [0.717, 1.165) is 18.4 Å². The van der Waals surface area contributed by atoms with Gasteiger partial charge in [-0.25, -0.2) is 0 Å². The van der Waals surface area contributed by atoms with Gasteiger partial charge in [-0.1, -0.05) is 23.8 Å². The van der Waals surface area contributed by atoms with Gasteiger partial charge in [-0.2, -0.15) is 0 Å². The number of benzene rings is 2. The van der Waals surface area contributed by atoms with E-state index in [-0.39, 0.29) is 17.7 Å². The zero-order valence-corrected chi connectivity index (χ0v) is 17.5. The van der Waals surface area contributed by atoms with Crippen molar-refractivity contribution in [3.8, 4) is 11.5 Å². The number of pyridine rings is 1. The molecule has 0 saturated carbocycles. The summed E-state index contributed by atoms with van der Waals surface area (Å²) in [6.07, 6.45) is 4.89. The van der Waals surface area contributed by atoms with Crippen molar-refractivity contribution in [2.75, 3.05) is 18.4 Å². The molecule has 3 aromatic rings. The Morgan fingerprint density at radius 2 is 1.81 bits per heavy atom. The number of likely N-dealkylation sites (tertiary alicyclic amines) is 1. The van der Waals surface area contributed by atoms with Crippen LogP contribution in [0.2, 0.25) is 0 Å². The van der Waals surface area contributed by atoms with E-state index >= 15 is 0 Å². The highest BCUT2D eigenvalue weighted by Crippen LogP contribution is 2.25. The average Bonchev–Trinajstić information content (AvgIpc) is 2.80. The zero-order valence-electron chi connectivity index (χ0n) is 17.5. The first kappa shape index (κ1) is 20.6. The van der Waals surface area contributed by atoms with Crippen molar-refractivity contribution in [1.29, 1.82) is 0 Å². The van der Waals surface area contributed by atoms with Gasteiger partial charge < -0.3 is 15.0 Å². The molecule has 0 bridgehead atoms. The molecule has 1 unspecified atom stereocenters. The lowest BCUT2D eigenvalue weighted by atomic mass is 9.96. The largest absolute Gasteiger partial charge is 0.457 e. The summed E-state index contributed by atoms with van der Waals surface area (Å²) in [4.78, 5) is 31.5.